The van der Waals surface area contributed by atoms with Crippen LogP contribution in [0.3, 0.4) is 0 Å². The van der Waals surface area contributed by atoms with Crippen LogP contribution in [0.25, 0.3) is 5.57 Å². The molecule has 1 aliphatic heterocycles. The van der Waals surface area contributed by atoms with Gasteiger partial charge in [-0.05, 0) is 51.3 Å². The van der Waals surface area contributed by atoms with Crippen molar-refractivity contribution in [3.63, 3.8) is 0 Å². The van der Waals surface area contributed by atoms with Gasteiger partial charge in [-0.15, -0.1) is 0 Å². The second-order valence-corrected chi connectivity index (χ2v) is 9.74. The Morgan fingerprint density at radius 1 is 1.40 bits per heavy atom. The van der Waals surface area contributed by atoms with Gasteiger partial charge >= 0.3 is 6.09 Å². The Morgan fingerprint density at radius 2 is 2.13 bits per heavy atom. The number of aromatic nitrogens is 1. The van der Waals surface area contributed by atoms with Crippen molar-refractivity contribution in [2.75, 3.05) is 26.0 Å². The molecule has 1 aromatic heterocycles. The minimum Gasteiger partial charge on any atom is -0.447 e. The Hall–Kier alpha value is -1.97. The zero-order valence-electron chi connectivity index (χ0n) is 18.3. The van der Waals surface area contributed by atoms with Crippen LogP contribution in [0.1, 0.15) is 45.0 Å². The normalized spacial score (nSPS) is 19.7. The summed E-state index contributed by atoms with van der Waals surface area (Å²) in [5, 5.41) is 0. The van der Waals surface area contributed by atoms with Gasteiger partial charge in [0.1, 0.15) is 0 Å². The zero-order chi connectivity index (χ0) is 22.3. The summed E-state index contributed by atoms with van der Waals surface area (Å²) in [6.45, 7) is 10.0. The number of carbonyl (C=O) groups excluding carboxylic acids is 1. The predicted octanol–water partition coefficient (Wildman–Crippen LogP) is 2.60. The summed E-state index contributed by atoms with van der Waals surface area (Å²) in [5.41, 5.74) is 2.39. The number of piperidine rings is 1. The molecule has 1 amide bonds. The van der Waals surface area contributed by atoms with E-state index in [-0.39, 0.29) is 18.5 Å². The standard InChI is InChI=1S/C21H33N3O5S/c1-15(2)18-9-6-8-17(22-18)14-20-19(23-30(26,27)13-12-28-5)10-7-11-24(20)21(25)29-16(3)4/h6,8-9,16,19-20,23H,1,7,10-14H2,2-5H3/t19-,20-/m0/s1. The maximum atomic E-state index is 12.7. The third kappa shape index (κ3) is 7.07. The van der Waals surface area contributed by atoms with Crippen LogP contribution in [-0.2, 0) is 25.9 Å². The van der Waals surface area contributed by atoms with Crippen LogP contribution >= 0.6 is 0 Å². The molecule has 0 aromatic carbocycles. The van der Waals surface area contributed by atoms with E-state index in [1.807, 2.05) is 25.1 Å². The van der Waals surface area contributed by atoms with Crippen LogP contribution in [0.2, 0.25) is 0 Å². The summed E-state index contributed by atoms with van der Waals surface area (Å²) in [6, 6.07) is 4.81. The maximum absolute atomic E-state index is 12.7. The molecular formula is C21H33N3O5S. The maximum Gasteiger partial charge on any atom is 0.410 e. The number of carbonyl (C=O) groups is 1. The lowest BCUT2D eigenvalue weighted by molar-refractivity contribution is 0.0458. The number of hydrogen-bond acceptors (Lipinski definition) is 6. The van der Waals surface area contributed by atoms with E-state index in [2.05, 4.69) is 16.3 Å². The molecule has 2 rings (SSSR count). The summed E-state index contributed by atoms with van der Waals surface area (Å²) in [6.07, 6.45) is 1.02. The molecule has 0 saturated carbocycles. The highest BCUT2D eigenvalue weighted by Crippen LogP contribution is 2.24. The number of nitrogens with zero attached hydrogens (tertiary/aromatic N) is 2. The minimum absolute atomic E-state index is 0.105. The summed E-state index contributed by atoms with van der Waals surface area (Å²) < 4.78 is 38.1. The molecule has 0 unspecified atom stereocenters. The van der Waals surface area contributed by atoms with E-state index in [0.29, 0.717) is 25.8 Å². The fourth-order valence-electron chi connectivity index (χ4n) is 3.47. The molecule has 9 heteroatoms. The van der Waals surface area contributed by atoms with E-state index < -0.39 is 28.2 Å². The number of likely N-dealkylation sites (tertiary alicyclic amines) is 1. The van der Waals surface area contributed by atoms with E-state index in [4.69, 9.17) is 9.47 Å². The van der Waals surface area contributed by atoms with Crippen molar-refractivity contribution in [1.29, 1.82) is 0 Å². The number of sulfonamides is 1. The second-order valence-electron chi connectivity index (χ2n) is 7.87. The summed E-state index contributed by atoms with van der Waals surface area (Å²) in [4.78, 5) is 19.0. The zero-order valence-corrected chi connectivity index (χ0v) is 19.1. The van der Waals surface area contributed by atoms with Gasteiger partial charge in [-0.2, -0.15) is 0 Å². The largest absolute Gasteiger partial charge is 0.447 e. The highest BCUT2D eigenvalue weighted by atomic mass is 32.2. The fourth-order valence-corrected chi connectivity index (χ4v) is 4.71. The average molecular weight is 440 g/mol. The van der Waals surface area contributed by atoms with Gasteiger partial charge in [0.15, 0.2) is 0 Å². The molecular weight excluding hydrogens is 406 g/mol. The molecule has 0 aliphatic carbocycles. The lowest BCUT2D eigenvalue weighted by Gasteiger charge is -2.41. The van der Waals surface area contributed by atoms with E-state index in [0.717, 1.165) is 17.0 Å². The van der Waals surface area contributed by atoms with Gasteiger partial charge in [-0.25, -0.2) is 17.9 Å². The van der Waals surface area contributed by atoms with Crippen LogP contribution in [0.4, 0.5) is 4.79 Å². The highest BCUT2D eigenvalue weighted by molar-refractivity contribution is 7.89. The Kier molecular flexibility index (Phi) is 8.81. The smallest absolute Gasteiger partial charge is 0.410 e. The Bertz CT molecular complexity index is 841. The highest BCUT2D eigenvalue weighted by Gasteiger charge is 2.37. The molecule has 1 saturated heterocycles. The summed E-state index contributed by atoms with van der Waals surface area (Å²) in [5.74, 6) is -0.132. The van der Waals surface area contributed by atoms with Crippen molar-refractivity contribution < 1.29 is 22.7 Å². The third-order valence-corrected chi connectivity index (χ3v) is 6.27. The van der Waals surface area contributed by atoms with Crippen molar-refractivity contribution in [3.05, 3.63) is 36.2 Å². The topological polar surface area (TPSA) is 97.8 Å². The first-order valence-electron chi connectivity index (χ1n) is 10.2. The predicted molar refractivity (Wildman–Crippen MR) is 117 cm³/mol. The van der Waals surface area contributed by atoms with Crippen LogP contribution in [0.5, 0.6) is 0 Å². The molecule has 1 fully saturated rings. The molecule has 1 N–H and O–H groups in total. The quantitative estimate of drug-likeness (QED) is 0.635. The number of ether oxygens (including phenoxy) is 2. The first-order chi connectivity index (χ1) is 14.1. The van der Waals surface area contributed by atoms with Gasteiger partial charge in [-0.3, -0.25) is 4.98 Å². The van der Waals surface area contributed by atoms with Crippen LogP contribution < -0.4 is 4.72 Å². The number of nitrogens with one attached hydrogen (secondary N) is 1. The summed E-state index contributed by atoms with van der Waals surface area (Å²) >= 11 is 0. The van der Waals surface area contributed by atoms with Crippen LogP contribution in [0.15, 0.2) is 24.8 Å². The van der Waals surface area contributed by atoms with Gasteiger partial charge in [0.2, 0.25) is 10.0 Å². The molecule has 168 valence electrons. The molecule has 1 aliphatic rings. The number of pyridine rings is 1. The molecule has 1 aromatic rings. The van der Waals surface area contributed by atoms with Crippen molar-refractivity contribution in [2.24, 2.45) is 0 Å². The average Bonchev–Trinajstić information content (AvgIpc) is 2.67. The van der Waals surface area contributed by atoms with Crippen LogP contribution in [0, 0.1) is 0 Å². The molecule has 0 bridgehead atoms. The Morgan fingerprint density at radius 3 is 2.77 bits per heavy atom. The first kappa shape index (κ1) is 24.3. The lowest BCUT2D eigenvalue weighted by Crippen LogP contribution is -2.58. The molecule has 2 heterocycles. The van der Waals surface area contributed by atoms with Gasteiger partial charge in [0, 0.05) is 31.8 Å². The first-order valence-corrected chi connectivity index (χ1v) is 11.9. The van der Waals surface area contributed by atoms with E-state index in [1.54, 1.807) is 18.7 Å². The third-order valence-electron chi connectivity index (χ3n) is 4.90. The SMILES string of the molecule is C=C(C)c1cccc(C[C@H]2[C@@H](NS(=O)(=O)CCOC)CCCN2C(=O)OC(C)C)n1. The van der Waals surface area contributed by atoms with Gasteiger partial charge in [0.25, 0.3) is 0 Å². The van der Waals surface area contributed by atoms with E-state index in [1.165, 1.54) is 7.11 Å². The van der Waals surface area contributed by atoms with Gasteiger partial charge in [-0.1, -0.05) is 12.6 Å². The lowest BCUT2D eigenvalue weighted by atomic mass is 9.93. The number of amides is 1. The second kappa shape index (κ2) is 10.9. The van der Waals surface area contributed by atoms with E-state index >= 15 is 0 Å². The number of allylic oxidation sites excluding steroid dienone is 1. The molecule has 30 heavy (non-hydrogen) atoms. The van der Waals surface area contributed by atoms with Gasteiger partial charge < -0.3 is 14.4 Å². The van der Waals surface area contributed by atoms with Crippen molar-refractivity contribution >= 4 is 21.7 Å². The Labute approximate surface area is 179 Å². The van der Waals surface area contributed by atoms with Gasteiger partial charge in [0.05, 0.1) is 30.2 Å². The van der Waals surface area contributed by atoms with Crippen molar-refractivity contribution in [1.82, 2.24) is 14.6 Å². The number of rotatable bonds is 9. The van der Waals surface area contributed by atoms with Crippen molar-refractivity contribution in [3.8, 4) is 0 Å². The molecule has 8 nitrogen and oxygen atoms in total. The number of methoxy groups -OCH3 is 1. The van der Waals surface area contributed by atoms with Crippen LogP contribution in [-0.4, -0.2) is 68.6 Å². The van der Waals surface area contributed by atoms with Crippen molar-refractivity contribution in [2.45, 2.75) is 58.2 Å². The monoisotopic (exact) mass is 439 g/mol. The minimum atomic E-state index is -3.55. The Balaban J connectivity index is 2.31. The number of hydrogen-bond donors (Lipinski definition) is 1. The van der Waals surface area contributed by atoms with E-state index in [9.17, 15) is 13.2 Å². The molecule has 0 spiro atoms. The fraction of sp³-hybridized carbons (Fsp3) is 0.619. The molecule has 0 radical (unpaired) electrons. The molecule has 2 atom stereocenters. The summed E-state index contributed by atoms with van der Waals surface area (Å²) in [7, 11) is -2.09.